The van der Waals surface area contributed by atoms with Crippen LogP contribution in [0.4, 0.5) is 17.3 Å². The van der Waals surface area contributed by atoms with Crippen LogP contribution in [0, 0.1) is 0 Å². The van der Waals surface area contributed by atoms with Crippen LogP contribution in [0.5, 0.6) is 0 Å². The van der Waals surface area contributed by atoms with E-state index in [1.54, 1.807) is 18.6 Å². The molecule has 0 aromatic carbocycles. The molecule has 8 heteroatoms. The Morgan fingerprint density at radius 2 is 1.77 bits per heavy atom. The highest BCUT2D eigenvalue weighted by Gasteiger charge is 2.26. The molecule has 7 nitrogen and oxygen atoms in total. The predicted octanol–water partition coefficient (Wildman–Crippen LogP) is 4.31. The summed E-state index contributed by atoms with van der Waals surface area (Å²) in [7, 11) is 0. The molecular weight excluding hydrogens is 408 g/mol. The van der Waals surface area contributed by atoms with Crippen LogP contribution in [-0.2, 0) is 0 Å². The zero-order valence-corrected chi connectivity index (χ0v) is 18.1. The summed E-state index contributed by atoms with van der Waals surface area (Å²) < 4.78 is 0. The maximum Gasteiger partial charge on any atom is 0.255 e. The van der Waals surface area contributed by atoms with Crippen LogP contribution >= 0.6 is 12.6 Å². The van der Waals surface area contributed by atoms with Gasteiger partial charge in [0.25, 0.3) is 5.91 Å². The van der Waals surface area contributed by atoms with Crippen LogP contribution < -0.4 is 16.0 Å². The van der Waals surface area contributed by atoms with Gasteiger partial charge >= 0.3 is 0 Å². The van der Waals surface area contributed by atoms with Gasteiger partial charge in [-0.15, -0.1) is 0 Å². The molecule has 160 valence electrons. The van der Waals surface area contributed by atoms with Gasteiger partial charge in [-0.3, -0.25) is 9.78 Å². The largest absolute Gasteiger partial charge is 0.382 e. The zero-order valence-electron chi connectivity index (χ0n) is 17.2. The van der Waals surface area contributed by atoms with Gasteiger partial charge in [0, 0.05) is 47.4 Å². The molecule has 0 aliphatic heterocycles. The summed E-state index contributed by atoms with van der Waals surface area (Å²) in [6, 6.07) is 8.28. The molecule has 3 aromatic heterocycles. The van der Waals surface area contributed by atoms with Crippen LogP contribution in [0.15, 0.2) is 42.9 Å². The normalized spacial score (nSPS) is 20.9. The van der Waals surface area contributed by atoms with Gasteiger partial charge in [-0.05, 0) is 56.7 Å². The number of carbonyl (C=O) groups is 1. The lowest BCUT2D eigenvalue weighted by atomic mass is 9.94. The fraction of sp³-hybridized carbons (Fsp3) is 0.391. The van der Waals surface area contributed by atoms with Gasteiger partial charge < -0.3 is 16.0 Å². The number of nitrogens with one attached hydrogen (secondary N) is 3. The average Bonchev–Trinajstić information content (AvgIpc) is 3.59. The van der Waals surface area contributed by atoms with Crippen molar-refractivity contribution in [2.75, 3.05) is 10.6 Å². The molecule has 3 heterocycles. The molecule has 0 radical (unpaired) electrons. The lowest BCUT2D eigenvalue weighted by molar-refractivity contribution is 0.0928. The molecule has 5 rings (SSSR count). The minimum atomic E-state index is -0.0684. The maximum atomic E-state index is 13.0. The Balaban J connectivity index is 1.34. The number of hydrogen-bond donors (Lipinski definition) is 4. The number of amides is 1. The summed E-state index contributed by atoms with van der Waals surface area (Å²) in [5, 5.41) is 11.4. The first kappa shape index (κ1) is 20.1. The first-order valence-corrected chi connectivity index (χ1v) is 11.4. The van der Waals surface area contributed by atoms with Gasteiger partial charge in [-0.25, -0.2) is 9.97 Å². The molecule has 2 saturated carbocycles. The Bertz CT molecular complexity index is 1090. The van der Waals surface area contributed by atoms with E-state index in [9.17, 15) is 4.79 Å². The standard InChI is InChI=1S/C23H26N6OS/c30-23(27-16-4-6-17(31)7-5-16)18-13-25-22(11-20(18)26-15-2-3-15)29-21-8-1-14-12-24-10-9-19(14)28-21/h1,8-13,15-17,31H,2-7H2,(H,27,30)(H2,25,26,28,29). The van der Waals surface area contributed by atoms with Crippen LogP contribution in [0.2, 0.25) is 0 Å². The van der Waals surface area contributed by atoms with Crippen LogP contribution in [0.1, 0.15) is 48.9 Å². The molecule has 2 aliphatic rings. The number of pyridine rings is 3. The maximum absolute atomic E-state index is 13.0. The highest BCUT2D eigenvalue weighted by atomic mass is 32.1. The Morgan fingerprint density at radius 1 is 0.968 bits per heavy atom. The lowest BCUT2D eigenvalue weighted by Gasteiger charge is -2.26. The monoisotopic (exact) mass is 434 g/mol. The smallest absolute Gasteiger partial charge is 0.255 e. The molecule has 0 spiro atoms. The van der Waals surface area contributed by atoms with E-state index >= 15 is 0 Å². The van der Waals surface area contributed by atoms with Crippen LogP contribution in [-0.4, -0.2) is 38.2 Å². The highest BCUT2D eigenvalue weighted by Crippen LogP contribution is 2.29. The topological polar surface area (TPSA) is 91.8 Å². The third-order valence-electron chi connectivity index (χ3n) is 5.86. The van der Waals surface area contributed by atoms with Crippen molar-refractivity contribution in [1.29, 1.82) is 0 Å². The SMILES string of the molecule is O=C(NC1CCC(S)CC1)c1cnc(Nc2ccc3cnccc3n2)cc1NC1CC1. The first-order valence-electron chi connectivity index (χ1n) is 10.9. The van der Waals surface area contributed by atoms with Gasteiger partial charge in [0.2, 0.25) is 0 Å². The summed E-state index contributed by atoms with van der Waals surface area (Å²) in [5.41, 5.74) is 2.26. The second-order valence-electron chi connectivity index (χ2n) is 8.40. The predicted molar refractivity (Wildman–Crippen MR) is 126 cm³/mol. The number of hydrogen-bond acceptors (Lipinski definition) is 7. The number of anilines is 3. The number of thiol groups is 1. The second kappa shape index (κ2) is 8.70. The second-order valence-corrected chi connectivity index (χ2v) is 9.13. The molecule has 0 bridgehead atoms. The van der Waals surface area contributed by atoms with Gasteiger partial charge in [0.05, 0.1) is 16.8 Å². The van der Waals surface area contributed by atoms with Crippen LogP contribution in [0.3, 0.4) is 0 Å². The lowest BCUT2D eigenvalue weighted by Crippen LogP contribution is -2.38. The number of aromatic nitrogens is 3. The van der Waals surface area contributed by atoms with Crippen molar-refractivity contribution in [1.82, 2.24) is 20.3 Å². The van der Waals surface area contributed by atoms with Crippen molar-refractivity contribution in [3.8, 4) is 0 Å². The molecule has 2 fully saturated rings. The van der Waals surface area contributed by atoms with Gasteiger partial charge in [0.15, 0.2) is 0 Å². The molecule has 3 aromatic rings. The number of nitrogens with zero attached hydrogens (tertiary/aromatic N) is 3. The van der Waals surface area contributed by atoms with E-state index in [2.05, 4.69) is 43.5 Å². The van der Waals surface area contributed by atoms with Crippen LogP contribution in [0.25, 0.3) is 10.9 Å². The molecule has 0 unspecified atom stereocenters. The number of fused-ring (bicyclic) bond motifs is 1. The summed E-state index contributed by atoms with van der Waals surface area (Å²) in [6.45, 7) is 0. The molecule has 31 heavy (non-hydrogen) atoms. The third-order valence-corrected chi connectivity index (χ3v) is 6.38. The van der Waals surface area contributed by atoms with E-state index in [0.29, 0.717) is 28.5 Å². The Morgan fingerprint density at radius 3 is 2.58 bits per heavy atom. The molecular formula is C23H26N6OS. The van der Waals surface area contributed by atoms with Crippen molar-refractivity contribution in [3.05, 3.63) is 48.4 Å². The first-order chi connectivity index (χ1) is 15.1. The fourth-order valence-corrected chi connectivity index (χ4v) is 4.22. The van der Waals surface area contributed by atoms with E-state index in [1.807, 2.05) is 24.3 Å². The summed E-state index contributed by atoms with van der Waals surface area (Å²) >= 11 is 4.55. The molecule has 3 N–H and O–H groups in total. The summed E-state index contributed by atoms with van der Waals surface area (Å²) in [6.07, 6.45) is 11.4. The van der Waals surface area contributed by atoms with E-state index in [1.165, 1.54) is 0 Å². The van der Waals surface area contributed by atoms with Crippen molar-refractivity contribution in [2.24, 2.45) is 0 Å². The molecule has 1 amide bonds. The van der Waals surface area contributed by atoms with Crippen molar-refractivity contribution < 1.29 is 4.79 Å². The molecule has 0 saturated heterocycles. The average molecular weight is 435 g/mol. The van der Waals surface area contributed by atoms with Gasteiger partial charge in [0.1, 0.15) is 11.6 Å². The minimum absolute atomic E-state index is 0.0684. The van der Waals surface area contributed by atoms with Crippen molar-refractivity contribution >= 4 is 46.8 Å². The van der Waals surface area contributed by atoms with Gasteiger partial charge in [-0.1, -0.05) is 0 Å². The molecule has 0 atom stereocenters. The Labute approximate surface area is 186 Å². The van der Waals surface area contributed by atoms with E-state index in [-0.39, 0.29) is 11.9 Å². The summed E-state index contributed by atoms with van der Waals surface area (Å²) in [4.78, 5) is 26.2. The highest BCUT2D eigenvalue weighted by molar-refractivity contribution is 7.80. The Hall–Kier alpha value is -2.87. The van der Waals surface area contributed by atoms with Crippen molar-refractivity contribution in [2.45, 2.75) is 55.9 Å². The Kier molecular flexibility index (Phi) is 5.63. The molecule has 2 aliphatic carbocycles. The fourth-order valence-electron chi connectivity index (χ4n) is 3.92. The van der Waals surface area contributed by atoms with E-state index in [0.717, 1.165) is 55.1 Å². The quantitative estimate of drug-likeness (QED) is 0.432. The number of carbonyl (C=O) groups excluding carboxylic acids is 1. The third kappa shape index (κ3) is 4.90. The number of rotatable bonds is 6. The summed E-state index contributed by atoms with van der Waals surface area (Å²) in [5.74, 6) is 1.28. The van der Waals surface area contributed by atoms with Crippen molar-refractivity contribution in [3.63, 3.8) is 0 Å². The van der Waals surface area contributed by atoms with Gasteiger partial charge in [-0.2, -0.15) is 12.6 Å². The van der Waals surface area contributed by atoms with E-state index < -0.39 is 0 Å². The minimum Gasteiger partial charge on any atom is -0.382 e. The zero-order chi connectivity index (χ0) is 21.2. The van der Waals surface area contributed by atoms with E-state index in [4.69, 9.17) is 0 Å².